The number of hydrogen-bond acceptors (Lipinski definition) is 5. The van der Waals surface area contributed by atoms with E-state index >= 15 is 0 Å². The van der Waals surface area contributed by atoms with Crippen molar-refractivity contribution in [3.8, 4) is 0 Å². The lowest BCUT2D eigenvalue weighted by Crippen LogP contribution is -2.43. The molecule has 1 fully saturated rings. The van der Waals surface area contributed by atoms with Crippen molar-refractivity contribution in [2.45, 2.75) is 52.2 Å². The van der Waals surface area contributed by atoms with Gasteiger partial charge in [-0.05, 0) is 40.5 Å². The first-order chi connectivity index (χ1) is 10.2. The summed E-state index contributed by atoms with van der Waals surface area (Å²) in [5.41, 5.74) is -0.0816. The van der Waals surface area contributed by atoms with Crippen molar-refractivity contribution in [3.63, 3.8) is 0 Å². The quantitative estimate of drug-likeness (QED) is 0.895. The highest BCUT2D eigenvalue weighted by molar-refractivity contribution is 5.86. The van der Waals surface area contributed by atoms with Gasteiger partial charge in [0.25, 0.3) is 0 Å². The number of carboxylic acid groups (broad SMARTS) is 1. The molecular weight excluding hydrogens is 288 g/mol. The standard InChI is InChI=1S/C14H22N4O4/c1-9-11(12(19)20)15-16-18(9)10-6-5-7-17(8-10)13(21)22-14(2,3)4/h10H,5-8H2,1-4H3,(H,19,20). The normalized spacial score (nSPS) is 19.1. The molecule has 1 unspecified atom stereocenters. The summed E-state index contributed by atoms with van der Waals surface area (Å²) >= 11 is 0. The predicted molar refractivity (Wildman–Crippen MR) is 77.8 cm³/mol. The Bertz CT molecular complexity index is 576. The van der Waals surface area contributed by atoms with Crippen molar-refractivity contribution >= 4 is 12.1 Å². The van der Waals surface area contributed by atoms with E-state index in [1.165, 1.54) is 0 Å². The molecule has 122 valence electrons. The molecule has 0 aromatic carbocycles. The molecule has 2 heterocycles. The van der Waals surface area contributed by atoms with Crippen molar-refractivity contribution in [3.05, 3.63) is 11.4 Å². The average molecular weight is 310 g/mol. The number of likely N-dealkylation sites (tertiary alicyclic amines) is 1. The summed E-state index contributed by atoms with van der Waals surface area (Å²) in [5, 5.41) is 16.7. The topological polar surface area (TPSA) is 97.5 Å². The third-order valence-corrected chi connectivity index (χ3v) is 3.52. The van der Waals surface area contributed by atoms with Crippen LogP contribution >= 0.6 is 0 Å². The van der Waals surface area contributed by atoms with Gasteiger partial charge in [0, 0.05) is 13.1 Å². The Morgan fingerprint density at radius 2 is 2.05 bits per heavy atom. The summed E-state index contributed by atoms with van der Waals surface area (Å²) in [7, 11) is 0. The van der Waals surface area contributed by atoms with Gasteiger partial charge in [0.15, 0.2) is 5.69 Å². The molecule has 1 amide bonds. The zero-order valence-electron chi connectivity index (χ0n) is 13.4. The molecule has 1 atom stereocenters. The number of hydrogen-bond donors (Lipinski definition) is 1. The van der Waals surface area contributed by atoms with Crippen molar-refractivity contribution < 1.29 is 19.4 Å². The van der Waals surface area contributed by atoms with E-state index in [4.69, 9.17) is 9.84 Å². The van der Waals surface area contributed by atoms with Crippen LogP contribution in [0.4, 0.5) is 4.79 Å². The van der Waals surface area contributed by atoms with Crippen LogP contribution in [0.25, 0.3) is 0 Å². The second kappa shape index (κ2) is 5.94. The zero-order valence-corrected chi connectivity index (χ0v) is 13.4. The first-order valence-corrected chi connectivity index (χ1v) is 7.32. The molecule has 1 saturated heterocycles. The lowest BCUT2D eigenvalue weighted by atomic mass is 10.1. The van der Waals surface area contributed by atoms with Gasteiger partial charge in [0.2, 0.25) is 0 Å². The van der Waals surface area contributed by atoms with Gasteiger partial charge in [0.05, 0.1) is 11.7 Å². The summed E-state index contributed by atoms with van der Waals surface area (Å²) < 4.78 is 6.98. The number of amides is 1. The van der Waals surface area contributed by atoms with E-state index in [0.717, 1.165) is 12.8 Å². The lowest BCUT2D eigenvalue weighted by molar-refractivity contribution is 0.0165. The average Bonchev–Trinajstić information content (AvgIpc) is 2.79. The van der Waals surface area contributed by atoms with Crippen LogP contribution in [0.2, 0.25) is 0 Å². The van der Waals surface area contributed by atoms with Gasteiger partial charge in [-0.15, -0.1) is 5.10 Å². The number of aromatic nitrogens is 3. The van der Waals surface area contributed by atoms with E-state index in [2.05, 4.69) is 10.3 Å². The van der Waals surface area contributed by atoms with Crippen molar-refractivity contribution in [2.24, 2.45) is 0 Å². The highest BCUT2D eigenvalue weighted by Crippen LogP contribution is 2.24. The molecule has 0 saturated carbocycles. The molecule has 0 aliphatic carbocycles. The Labute approximate surface area is 129 Å². The second-order valence-electron chi connectivity index (χ2n) is 6.50. The third kappa shape index (κ3) is 3.55. The number of ether oxygens (including phenoxy) is 1. The first-order valence-electron chi connectivity index (χ1n) is 7.32. The molecule has 1 N–H and O–H groups in total. The molecule has 8 nitrogen and oxygen atoms in total. The summed E-state index contributed by atoms with van der Waals surface area (Å²) in [5.74, 6) is -1.09. The highest BCUT2D eigenvalue weighted by Gasteiger charge is 2.30. The minimum absolute atomic E-state index is 0.0469. The number of carbonyl (C=O) groups is 2. The SMILES string of the molecule is Cc1c(C(=O)O)nnn1C1CCCN(C(=O)OC(C)(C)C)C1. The fourth-order valence-electron chi connectivity index (χ4n) is 2.53. The fraction of sp³-hybridized carbons (Fsp3) is 0.714. The van der Waals surface area contributed by atoms with Crippen LogP contribution in [0, 0.1) is 6.92 Å². The van der Waals surface area contributed by atoms with E-state index in [-0.39, 0.29) is 17.8 Å². The van der Waals surface area contributed by atoms with E-state index in [9.17, 15) is 9.59 Å². The third-order valence-electron chi connectivity index (χ3n) is 3.52. The Balaban J connectivity index is 2.11. The molecule has 2 rings (SSSR count). The largest absolute Gasteiger partial charge is 0.476 e. The van der Waals surface area contributed by atoms with Gasteiger partial charge in [0.1, 0.15) is 5.60 Å². The van der Waals surface area contributed by atoms with Crippen LogP contribution < -0.4 is 0 Å². The minimum Gasteiger partial charge on any atom is -0.476 e. The number of aromatic carboxylic acids is 1. The molecule has 1 aromatic rings. The van der Waals surface area contributed by atoms with Crippen LogP contribution in [-0.2, 0) is 4.74 Å². The lowest BCUT2D eigenvalue weighted by Gasteiger charge is -2.34. The van der Waals surface area contributed by atoms with Gasteiger partial charge < -0.3 is 14.7 Å². The van der Waals surface area contributed by atoms with Crippen LogP contribution in [0.1, 0.15) is 55.8 Å². The minimum atomic E-state index is -1.09. The van der Waals surface area contributed by atoms with Crippen molar-refractivity contribution in [1.29, 1.82) is 0 Å². The molecule has 0 spiro atoms. The smallest absolute Gasteiger partial charge is 0.410 e. The van der Waals surface area contributed by atoms with Crippen LogP contribution in [0.15, 0.2) is 0 Å². The predicted octanol–water partition coefficient (Wildman–Crippen LogP) is 1.86. The number of carboxylic acids is 1. The number of piperidine rings is 1. The van der Waals surface area contributed by atoms with E-state index < -0.39 is 11.6 Å². The molecule has 0 radical (unpaired) electrons. The van der Waals surface area contributed by atoms with Crippen LogP contribution in [-0.4, -0.2) is 55.8 Å². The summed E-state index contributed by atoms with van der Waals surface area (Å²) in [6.07, 6.45) is 1.28. The Kier molecular flexibility index (Phi) is 4.39. The number of rotatable bonds is 2. The highest BCUT2D eigenvalue weighted by atomic mass is 16.6. The maximum absolute atomic E-state index is 12.2. The monoisotopic (exact) mass is 310 g/mol. The van der Waals surface area contributed by atoms with E-state index in [0.29, 0.717) is 18.8 Å². The molecule has 0 bridgehead atoms. The van der Waals surface area contributed by atoms with Gasteiger partial charge in [-0.3, -0.25) is 0 Å². The number of nitrogens with zero attached hydrogens (tertiary/aromatic N) is 4. The summed E-state index contributed by atoms with van der Waals surface area (Å²) in [4.78, 5) is 24.8. The van der Waals surface area contributed by atoms with E-state index in [1.807, 2.05) is 20.8 Å². The van der Waals surface area contributed by atoms with Gasteiger partial charge in [-0.2, -0.15) is 0 Å². The maximum Gasteiger partial charge on any atom is 0.410 e. The second-order valence-corrected chi connectivity index (χ2v) is 6.50. The zero-order chi connectivity index (χ0) is 16.5. The first kappa shape index (κ1) is 16.3. The van der Waals surface area contributed by atoms with Gasteiger partial charge >= 0.3 is 12.1 Å². The molecule has 1 aliphatic heterocycles. The molecule has 8 heteroatoms. The summed E-state index contributed by atoms with van der Waals surface area (Å²) in [6, 6.07) is -0.0816. The molecular formula is C14H22N4O4. The van der Waals surface area contributed by atoms with Crippen LogP contribution in [0.5, 0.6) is 0 Å². The Hall–Kier alpha value is -2.12. The van der Waals surface area contributed by atoms with Gasteiger partial charge in [-0.25, -0.2) is 14.3 Å². The van der Waals surface area contributed by atoms with Crippen molar-refractivity contribution in [2.75, 3.05) is 13.1 Å². The van der Waals surface area contributed by atoms with Crippen molar-refractivity contribution in [1.82, 2.24) is 19.9 Å². The maximum atomic E-state index is 12.2. The van der Waals surface area contributed by atoms with Gasteiger partial charge in [-0.1, -0.05) is 5.21 Å². The summed E-state index contributed by atoms with van der Waals surface area (Å²) in [6.45, 7) is 8.23. The van der Waals surface area contributed by atoms with Crippen LogP contribution in [0.3, 0.4) is 0 Å². The number of carbonyl (C=O) groups excluding carboxylic acids is 1. The van der Waals surface area contributed by atoms with E-state index in [1.54, 1.807) is 16.5 Å². The molecule has 1 aliphatic rings. The molecule has 1 aromatic heterocycles. The Morgan fingerprint density at radius 3 is 2.59 bits per heavy atom. The Morgan fingerprint density at radius 1 is 1.36 bits per heavy atom. The molecule has 22 heavy (non-hydrogen) atoms. The fourth-order valence-corrected chi connectivity index (χ4v) is 2.53.